The first-order chi connectivity index (χ1) is 6.24. The number of benzene rings is 1. The van der Waals surface area contributed by atoms with Gasteiger partial charge >= 0.3 is 0 Å². The number of hydrogen-bond acceptors (Lipinski definition) is 3. The molecule has 0 spiro atoms. The minimum Gasteiger partial charge on any atom is -0.326 e. The van der Waals surface area contributed by atoms with Gasteiger partial charge < -0.3 is 5.32 Å². The van der Waals surface area contributed by atoms with E-state index >= 15 is 0 Å². The van der Waals surface area contributed by atoms with E-state index in [0.29, 0.717) is 0 Å². The average molecular weight is 180 g/mol. The second kappa shape index (κ2) is 4.59. The second-order valence-corrected chi connectivity index (χ2v) is 2.65. The molecule has 0 atom stereocenters. The molecule has 0 aliphatic rings. The highest BCUT2D eigenvalue weighted by Gasteiger charge is 2.01. The zero-order valence-corrected chi connectivity index (χ0v) is 7.41. The molecule has 1 aromatic rings. The molecule has 0 saturated heterocycles. The lowest BCUT2D eigenvalue weighted by atomic mass is 10.2. The van der Waals surface area contributed by atoms with Gasteiger partial charge in [-0.3, -0.25) is 9.63 Å². The summed E-state index contributed by atoms with van der Waals surface area (Å²) >= 11 is 0. The number of nitrogens with one attached hydrogen (secondary N) is 1. The minimum atomic E-state index is -0.107. The van der Waals surface area contributed by atoms with Gasteiger partial charge in [-0.05, 0) is 6.07 Å². The van der Waals surface area contributed by atoms with Gasteiger partial charge in [0.15, 0.2) is 0 Å². The Bertz CT molecular complexity index is 299. The number of rotatable bonds is 3. The van der Waals surface area contributed by atoms with Crippen LogP contribution in [0.2, 0.25) is 0 Å². The van der Waals surface area contributed by atoms with E-state index in [-0.39, 0.29) is 12.5 Å². The van der Waals surface area contributed by atoms with Crippen LogP contribution in [0.3, 0.4) is 0 Å². The van der Waals surface area contributed by atoms with E-state index in [2.05, 4.69) is 10.2 Å². The summed E-state index contributed by atoms with van der Waals surface area (Å²) < 4.78 is 0. The first-order valence-electron chi connectivity index (χ1n) is 3.91. The topological polar surface area (TPSA) is 64.3 Å². The van der Waals surface area contributed by atoms with Gasteiger partial charge in [-0.15, -0.1) is 0 Å². The van der Waals surface area contributed by atoms with E-state index in [1.165, 1.54) is 6.92 Å². The number of carbonyl (C=O) groups is 1. The van der Waals surface area contributed by atoms with Crippen molar-refractivity contribution in [2.45, 2.75) is 13.5 Å². The first kappa shape index (κ1) is 9.70. The maximum Gasteiger partial charge on any atom is 0.221 e. The van der Waals surface area contributed by atoms with Gasteiger partial charge in [-0.2, -0.15) is 0 Å². The molecule has 1 rings (SSSR count). The fraction of sp³-hybridized carbons (Fsp3) is 0.222. The summed E-state index contributed by atoms with van der Waals surface area (Å²) in [6.45, 7) is 1.75. The third-order valence-electron chi connectivity index (χ3n) is 1.57. The molecule has 4 nitrogen and oxygen atoms in total. The van der Waals surface area contributed by atoms with E-state index in [0.717, 1.165) is 11.3 Å². The highest BCUT2D eigenvalue weighted by molar-refractivity contribution is 5.89. The molecule has 0 fully saturated rings. The summed E-state index contributed by atoms with van der Waals surface area (Å²) in [6, 6.07) is 7.35. The van der Waals surface area contributed by atoms with Gasteiger partial charge in [0.1, 0.15) is 0 Å². The quantitative estimate of drug-likeness (QED) is 0.683. The van der Waals surface area contributed by atoms with Crippen molar-refractivity contribution >= 4 is 11.6 Å². The molecule has 0 heterocycles. The Morgan fingerprint density at radius 2 is 2.23 bits per heavy atom. The highest BCUT2D eigenvalue weighted by atomic mass is 16.6. The maximum absolute atomic E-state index is 10.8. The van der Waals surface area contributed by atoms with Crippen LogP contribution in [0.15, 0.2) is 24.3 Å². The van der Waals surface area contributed by atoms with Crippen LogP contribution in [0, 0.1) is 0 Å². The molecule has 0 radical (unpaired) electrons. The molecule has 3 N–H and O–H groups in total. The molecule has 1 amide bonds. The SMILES string of the molecule is CC(=O)Nc1ccccc1CON. The van der Waals surface area contributed by atoms with E-state index in [4.69, 9.17) is 5.90 Å². The van der Waals surface area contributed by atoms with Crippen molar-refractivity contribution in [3.63, 3.8) is 0 Å². The van der Waals surface area contributed by atoms with Crippen LogP contribution in [0.1, 0.15) is 12.5 Å². The van der Waals surface area contributed by atoms with Gasteiger partial charge in [0.2, 0.25) is 5.91 Å². The molecule has 0 unspecified atom stereocenters. The lowest BCUT2D eigenvalue weighted by Crippen LogP contribution is -2.09. The number of amides is 1. The summed E-state index contributed by atoms with van der Waals surface area (Å²) in [5.74, 6) is 4.84. The highest BCUT2D eigenvalue weighted by Crippen LogP contribution is 2.14. The molecule has 0 aliphatic heterocycles. The zero-order valence-electron chi connectivity index (χ0n) is 7.41. The zero-order chi connectivity index (χ0) is 9.68. The van der Waals surface area contributed by atoms with Gasteiger partial charge in [0, 0.05) is 18.2 Å². The Hall–Kier alpha value is -1.39. The summed E-state index contributed by atoms with van der Waals surface area (Å²) in [7, 11) is 0. The van der Waals surface area contributed by atoms with Crippen LogP contribution < -0.4 is 11.2 Å². The number of nitrogens with two attached hydrogens (primary N) is 1. The maximum atomic E-state index is 10.8. The average Bonchev–Trinajstić information content (AvgIpc) is 2.08. The van der Waals surface area contributed by atoms with Crippen molar-refractivity contribution in [1.29, 1.82) is 0 Å². The largest absolute Gasteiger partial charge is 0.326 e. The van der Waals surface area contributed by atoms with E-state index in [9.17, 15) is 4.79 Å². The summed E-state index contributed by atoms with van der Waals surface area (Å²) in [5, 5.41) is 2.68. The molecular weight excluding hydrogens is 168 g/mol. The van der Waals surface area contributed by atoms with Crippen LogP contribution in [-0.4, -0.2) is 5.91 Å². The second-order valence-electron chi connectivity index (χ2n) is 2.65. The molecule has 4 heteroatoms. The molecule has 13 heavy (non-hydrogen) atoms. The molecule has 0 saturated carbocycles. The van der Waals surface area contributed by atoms with Gasteiger partial charge in [-0.1, -0.05) is 18.2 Å². The van der Waals surface area contributed by atoms with E-state index in [1.54, 1.807) is 6.07 Å². The van der Waals surface area contributed by atoms with Crippen molar-refractivity contribution in [3.05, 3.63) is 29.8 Å². The van der Waals surface area contributed by atoms with Crippen LogP contribution in [0.5, 0.6) is 0 Å². The van der Waals surface area contributed by atoms with E-state index < -0.39 is 0 Å². The van der Waals surface area contributed by atoms with Gasteiger partial charge in [-0.25, -0.2) is 5.90 Å². The number of anilines is 1. The predicted octanol–water partition coefficient (Wildman–Crippen LogP) is 1.04. The van der Waals surface area contributed by atoms with Crippen molar-refractivity contribution in [1.82, 2.24) is 0 Å². The number of hydrogen-bond donors (Lipinski definition) is 2. The Morgan fingerprint density at radius 1 is 1.54 bits per heavy atom. The Kier molecular flexibility index (Phi) is 3.42. The van der Waals surface area contributed by atoms with Crippen LogP contribution >= 0.6 is 0 Å². The standard InChI is InChI=1S/C9H12N2O2/c1-7(12)11-9-5-3-2-4-8(9)6-13-10/h2-5H,6,10H2,1H3,(H,11,12). The van der Waals surface area contributed by atoms with Gasteiger partial charge in [0.05, 0.1) is 6.61 Å². The Labute approximate surface area is 76.6 Å². The molecule has 70 valence electrons. The minimum absolute atomic E-state index is 0.107. The summed E-state index contributed by atoms with van der Waals surface area (Å²) in [5.41, 5.74) is 1.60. The Morgan fingerprint density at radius 3 is 2.85 bits per heavy atom. The van der Waals surface area contributed by atoms with Crippen LogP contribution in [0.25, 0.3) is 0 Å². The third kappa shape index (κ3) is 2.85. The lowest BCUT2D eigenvalue weighted by molar-refractivity contribution is -0.114. The number of carbonyl (C=O) groups excluding carboxylic acids is 1. The van der Waals surface area contributed by atoms with Crippen molar-refractivity contribution in [2.75, 3.05) is 5.32 Å². The van der Waals surface area contributed by atoms with Crippen molar-refractivity contribution in [3.8, 4) is 0 Å². The molecule has 1 aromatic carbocycles. The summed E-state index contributed by atoms with van der Waals surface area (Å²) in [4.78, 5) is 15.3. The van der Waals surface area contributed by atoms with Crippen molar-refractivity contribution < 1.29 is 9.63 Å². The molecule has 0 aromatic heterocycles. The number of para-hydroxylation sites is 1. The van der Waals surface area contributed by atoms with Gasteiger partial charge in [0.25, 0.3) is 0 Å². The third-order valence-corrected chi connectivity index (χ3v) is 1.57. The van der Waals surface area contributed by atoms with E-state index in [1.807, 2.05) is 18.2 Å². The Balaban J connectivity index is 2.84. The molecule has 0 aliphatic carbocycles. The summed E-state index contributed by atoms with van der Waals surface area (Å²) in [6.07, 6.45) is 0. The fourth-order valence-electron chi connectivity index (χ4n) is 1.05. The monoisotopic (exact) mass is 180 g/mol. The van der Waals surface area contributed by atoms with Crippen LogP contribution in [-0.2, 0) is 16.2 Å². The predicted molar refractivity (Wildman–Crippen MR) is 49.7 cm³/mol. The molecular formula is C9H12N2O2. The smallest absolute Gasteiger partial charge is 0.221 e. The normalized spacial score (nSPS) is 9.69. The lowest BCUT2D eigenvalue weighted by Gasteiger charge is -2.07. The fourth-order valence-corrected chi connectivity index (χ4v) is 1.05. The van der Waals surface area contributed by atoms with Crippen LogP contribution in [0.4, 0.5) is 5.69 Å². The van der Waals surface area contributed by atoms with Crippen molar-refractivity contribution in [2.24, 2.45) is 5.90 Å². The molecule has 0 bridgehead atoms. The first-order valence-corrected chi connectivity index (χ1v) is 3.91.